The van der Waals surface area contributed by atoms with Gasteiger partial charge >= 0.3 is 5.97 Å². The third kappa shape index (κ3) is 5.32. The van der Waals surface area contributed by atoms with Gasteiger partial charge < -0.3 is 9.84 Å². The number of aryl methyl sites for hydroxylation is 1. The van der Waals surface area contributed by atoms with Gasteiger partial charge in [-0.05, 0) is 52.7 Å². The molecule has 0 heterocycles. The fraction of sp³-hybridized carbons (Fsp3) is 0.450. The maximum Gasteiger partial charge on any atom is 0.307 e. The van der Waals surface area contributed by atoms with Crippen LogP contribution in [-0.2, 0) is 14.4 Å². The zero-order valence-electron chi connectivity index (χ0n) is 16.0. The van der Waals surface area contributed by atoms with Crippen LogP contribution in [-0.4, -0.2) is 29.0 Å². The number of carboxylic acid groups (broad SMARTS) is 1. The summed E-state index contributed by atoms with van der Waals surface area (Å²) in [5, 5.41) is 9.40. The molecular formula is C20H26N2O5. The van der Waals surface area contributed by atoms with Crippen molar-refractivity contribution in [1.82, 2.24) is 10.9 Å². The number of carbonyl (C=O) groups is 3. The van der Waals surface area contributed by atoms with Crippen molar-refractivity contribution < 1.29 is 24.2 Å². The number of hydrogen-bond donors (Lipinski definition) is 3. The van der Waals surface area contributed by atoms with Gasteiger partial charge in [-0.25, -0.2) is 0 Å². The Bertz CT molecular complexity index is 754. The largest absolute Gasteiger partial charge is 0.481 e. The molecule has 0 radical (unpaired) electrons. The van der Waals surface area contributed by atoms with Crippen molar-refractivity contribution in [3.05, 3.63) is 41.0 Å². The molecule has 1 aliphatic carbocycles. The SMILES string of the molecule is CC1=C(C)C[C@H](C(=O)NNC(=O)[C@@H](C)Oc2ccc(C)cc2)[C@@H](C(=O)O)C1. The van der Waals surface area contributed by atoms with E-state index in [0.29, 0.717) is 18.6 Å². The summed E-state index contributed by atoms with van der Waals surface area (Å²) < 4.78 is 5.53. The highest BCUT2D eigenvalue weighted by molar-refractivity contribution is 5.88. The lowest BCUT2D eigenvalue weighted by Crippen LogP contribution is -2.51. The average Bonchev–Trinajstić information content (AvgIpc) is 2.62. The van der Waals surface area contributed by atoms with Crippen LogP contribution in [0.5, 0.6) is 5.75 Å². The van der Waals surface area contributed by atoms with Crippen molar-refractivity contribution in [2.75, 3.05) is 0 Å². The quantitative estimate of drug-likeness (QED) is 0.542. The van der Waals surface area contributed by atoms with Crippen LogP contribution in [0, 0.1) is 18.8 Å². The minimum Gasteiger partial charge on any atom is -0.481 e. The first kappa shape index (κ1) is 20.5. The molecule has 0 aromatic heterocycles. The monoisotopic (exact) mass is 374 g/mol. The molecule has 2 amide bonds. The summed E-state index contributed by atoms with van der Waals surface area (Å²) in [6.45, 7) is 7.29. The summed E-state index contributed by atoms with van der Waals surface area (Å²) in [5.41, 5.74) is 7.75. The lowest BCUT2D eigenvalue weighted by atomic mass is 9.76. The van der Waals surface area contributed by atoms with Crippen molar-refractivity contribution in [1.29, 1.82) is 0 Å². The number of hydrazine groups is 1. The summed E-state index contributed by atoms with van der Waals surface area (Å²) in [6, 6.07) is 7.26. The first-order valence-electron chi connectivity index (χ1n) is 8.90. The number of hydrogen-bond acceptors (Lipinski definition) is 4. The normalized spacial score (nSPS) is 20.6. The molecule has 1 aromatic rings. The Morgan fingerprint density at radius 2 is 1.56 bits per heavy atom. The van der Waals surface area contributed by atoms with Gasteiger partial charge in [-0.2, -0.15) is 0 Å². The van der Waals surface area contributed by atoms with Crippen molar-refractivity contribution in [3.63, 3.8) is 0 Å². The van der Waals surface area contributed by atoms with Gasteiger partial charge in [-0.1, -0.05) is 28.8 Å². The van der Waals surface area contributed by atoms with E-state index in [4.69, 9.17) is 4.74 Å². The summed E-state index contributed by atoms with van der Waals surface area (Å²) in [6.07, 6.45) is -0.126. The number of allylic oxidation sites excluding steroid dienone is 2. The standard InChI is InChI=1S/C20H26N2O5/c1-11-5-7-15(8-6-11)27-14(4)18(23)21-22-19(24)16-9-12(2)13(3)10-17(16)20(25)26/h5-8,14,16-17H,9-10H2,1-4H3,(H,21,23)(H,22,24)(H,25,26)/t14-,16+,17+/m1/s1. The van der Waals surface area contributed by atoms with E-state index in [1.807, 2.05) is 32.9 Å². The summed E-state index contributed by atoms with van der Waals surface area (Å²) in [7, 11) is 0. The minimum atomic E-state index is -1.01. The molecule has 0 saturated carbocycles. The number of nitrogens with one attached hydrogen (secondary N) is 2. The number of carboxylic acids is 1. The van der Waals surface area contributed by atoms with E-state index in [9.17, 15) is 19.5 Å². The van der Waals surface area contributed by atoms with Crippen LogP contribution in [0.25, 0.3) is 0 Å². The van der Waals surface area contributed by atoms with Crippen molar-refractivity contribution >= 4 is 17.8 Å². The topological polar surface area (TPSA) is 105 Å². The Hall–Kier alpha value is -2.83. The number of aliphatic carboxylic acids is 1. The number of ether oxygens (including phenoxy) is 1. The smallest absolute Gasteiger partial charge is 0.307 e. The van der Waals surface area contributed by atoms with Crippen LogP contribution in [0.4, 0.5) is 0 Å². The predicted octanol–water partition coefficient (Wildman–Crippen LogP) is 2.36. The first-order valence-corrected chi connectivity index (χ1v) is 8.90. The molecule has 3 atom stereocenters. The summed E-state index contributed by atoms with van der Waals surface area (Å²) >= 11 is 0. The van der Waals surface area contributed by atoms with E-state index in [2.05, 4.69) is 10.9 Å². The highest BCUT2D eigenvalue weighted by atomic mass is 16.5. The van der Waals surface area contributed by atoms with Gasteiger partial charge in [0.15, 0.2) is 6.10 Å². The summed E-state index contributed by atoms with van der Waals surface area (Å²) in [4.78, 5) is 36.1. The predicted molar refractivity (Wildman–Crippen MR) is 99.8 cm³/mol. The molecule has 0 saturated heterocycles. The Kier molecular flexibility index (Phi) is 6.60. The molecule has 0 unspecified atom stereocenters. The number of amides is 2. The van der Waals surface area contributed by atoms with Gasteiger partial charge in [0.05, 0.1) is 11.8 Å². The molecule has 0 spiro atoms. The van der Waals surface area contributed by atoms with E-state index >= 15 is 0 Å². The average molecular weight is 374 g/mol. The van der Waals surface area contributed by atoms with Crippen LogP contribution in [0.1, 0.15) is 39.2 Å². The molecule has 1 aliphatic rings. The maximum absolute atomic E-state index is 12.4. The van der Waals surface area contributed by atoms with E-state index in [-0.39, 0.29) is 0 Å². The van der Waals surface area contributed by atoms with Gasteiger partial charge in [0.1, 0.15) is 5.75 Å². The fourth-order valence-electron chi connectivity index (χ4n) is 3.02. The molecule has 1 aromatic carbocycles. The Morgan fingerprint density at radius 3 is 2.11 bits per heavy atom. The number of benzene rings is 1. The molecule has 146 valence electrons. The molecule has 7 heteroatoms. The van der Waals surface area contributed by atoms with Crippen LogP contribution in [0.3, 0.4) is 0 Å². The van der Waals surface area contributed by atoms with Crippen LogP contribution in [0.2, 0.25) is 0 Å². The second-order valence-electron chi connectivity index (χ2n) is 7.07. The zero-order chi connectivity index (χ0) is 20.1. The van der Waals surface area contributed by atoms with E-state index in [1.54, 1.807) is 19.1 Å². The third-order valence-electron chi connectivity index (χ3n) is 4.93. The molecule has 0 fully saturated rings. The molecule has 7 nitrogen and oxygen atoms in total. The first-order chi connectivity index (χ1) is 12.7. The van der Waals surface area contributed by atoms with E-state index in [1.165, 1.54) is 0 Å². The van der Waals surface area contributed by atoms with Gasteiger partial charge in [-0.3, -0.25) is 25.2 Å². The van der Waals surface area contributed by atoms with Gasteiger partial charge in [0.2, 0.25) is 5.91 Å². The second kappa shape index (κ2) is 8.70. The Morgan fingerprint density at radius 1 is 1.00 bits per heavy atom. The van der Waals surface area contributed by atoms with Crippen LogP contribution >= 0.6 is 0 Å². The maximum atomic E-state index is 12.4. The minimum absolute atomic E-state index is 0.333. The lowest BCUT2D eigenvalue weighted by molar-refractivity contribution is -0.148. The summed E-state index contributed by atoms with van der Waals surface area (Å²) in [5.74, 6) is -3.01. The molecule has 2 rings (SSSR count). The molecule has 0 aliphatic heterocycles. The van der Waals surface area contributed by atoms with E-state index in [0.717, 1.165) is 16.7 Å². The molecular weight excluding hydrogens is 348 g/mol. The van der Waals surface area contributed by atoms with E-state index < -0.39 is 35.7 Å². The Balaban J connectivity index is 1.92. The Labute approximate surface area is 158 Å². The molecule has 3 N–H and O–H groups in total. The van der Waals surface area contributed by atoms with Gasteiger partial charge in [0.25, 0.3) is 5.91 Å². The fourth-order valence-corrected chi connectivity index (χ4v) is 3.02. The van der Waals surface area contributed by atoms with Crippen molar-refractivity contribution in [2.24, 2.45) is 11.8 Å². The molecule has 0 bridgehead atoms. The van der Waals surface area contributed by atoms with Crippen molar-refractivity contribution in [2.45, 2.75) is 46.6 Å². The molecule has 27 heavy (non-hydrogen) atoms. The highest BCUT2D eigenvalue weighted by Crippen LogP contribution is 2.34. The highest BCUT2D eigenvalue weighted by Gasteiger charge is 2.37. The van der Waals surface area contributed by atoms with Gasteiger partial charge in [-0.15, -0.1) is 0 Å². The third-order valence-corrected chi connectivity index (χ3v) is 4.93. The van der Waals surface area contributed by atoms with Crippen LogP contribution in [0.15, 0.2) is 35.4 Å². The van der Waals surface area contributed by atoms with Crippen LogP contribution < -0.4 is 15.6 Å². The number of rotatable bonds is 5. The zero-order valence-corrected chi connectivity index (χ0v) is 16.0. The van der Waals surface area contributed by atoms with Crippen molar-refractivity contribution in [3.8, 4) is 5.75 Å². The van der Waals surface area contributed by atoms with Gasteiger partial charge in [0, 0.05) is 0 Å². The second-order valence-corrected chi connectivity index (χ2v) is 7.07. The lowest BCUT2D eigenvalue weighted by Gasteiger charge is -2.29. The number of carbonyl (C=O) groups excluding carboxylic acids is 2.